The second kappa shape index (κ2) is 12.6. The quantitative estimate of drug-likeness (QED) is 0.241. The number of nitrogens with one attached hydrogen (secondary N) is 2. The Hall–Kier alpha value is -4.51. The van der Waals surface area contributed by atoms with Gasteiger partial charge in [0.2, 0.25) is 0 Å². The highest BCUT2D eigenvalue weighted by Crippen LogP contribution is 2.35. The van der Waals surface area contributed by atoms with Gasteiger partial charge in [0, 0.05) is 30.0 Å². The van der Waals surface area contributed by atoms with Crippen molar-refractivity contribution in [2.75, 3.05) is 38.5 Å². The SMILES string of the molecule is COc1cc(OC)c(/C=C/S(=O)(=O)Nc2ccc(OC)c(N/C=C\C(=O)c3ccc(F)cc3)c2)c(OC)c1. The molecule has 0 unspecified atom stereocenters. The minimum absolute atomic E-state index is 0.241. The van der Waals surface area contributed by atoms with E-state index in [-0.39, 0.29) is 11.5 Å². The molecule has 9 nitrogen and oxygen atoms in total. The van der Waals surface area contributed by atoms with E-state index in [0.29, 0.717) is 39.8 Å². The van der Waals surface area contributed by atoms with Gasteiger partial charge in [-0.15, -0.1) is 0 Å². The van der Waals surface area contributed by atoms with Crippen molar-refractivity contribution in [2.45, 2.75) is 0 Å². The summed E-state index contributed by atoms with van der Waals surface area (Å²) >= 11 is 0. The molecule has 0 saturated carbocycles. The molecule has 3 aromatic rings. The molecule has 0 fully saturated rings. The molecule has 0 bridgehead atoms. The van der Waals surface area contributed by atoms with E-state index >= 15 is 0 Å². The number of methoxy groups -OCH3 is 4. The first-order valence-corrected chi connectivity index (χ1v) is 12.7. The van der Waals surface area contributed by atoms with Crippen LogP contribution in [-0.4, -0.2) is 42.6 Å². The summed E-state index contributed by atoms with van der Waals surface area (Å²) < 4.78 is 62.4. The molecule has 0 radical (unpaired) electrons. The van der Waals surface area contributed by atoms with Crippen molar-refractivity contribution in [1.82, 2.24) is 0 Å². The third-order valence-electron chi connectivity index (χ3n) is 5.23. The summed E-state index contributed by atoms with van der Waals surface area (Å²) in [6.07, 6.45) is 4.00. The van der Waals surface area contributed by atoms with Crippen molar-refractivity contribution in [1.29, 1.82) is 0 Å². The Morgan fingerprint density at radius 3 is 2.05 bits per heavy atom. The first kappa shape index (κ1) is 28.1. The summed E-state index contributed by atoms with van der Waals surface area (Å²) in [4.78, 5) is 12.3. The second-order valence-corrected chi connectivity index (χ2v) is 9.23. The molecule has 3 aromatic carbocycles. The Kier molecular flexibility index (Phi) is 9.33. The Morgan fingerprint density at radius 2 is 1.47 bits per heavy atom. The van der Waals surface area contributed by atoms with Crippen LogP contribution in [-0.2, 0) is 10.0 Å². The summed E-state index contributed by atoms with van der Waals surface area (Å²) in [5.74, 6) is 0.849. The molecule has 11 heteroatoms. The summed E-state index contributed by atoms with van der Waals surface area (Å²) in [6.45, 7) is 0. The van der Waals surface area contributed by atoms with Crippen LogP contribution in [0.15, 0.2) is 72.3 Å². The molecule has 0 amide bonds. The number of carbonyl (C=O) groups excluding carboxylic acids is 1. The normalized spacial score (nSPS) is 11.4. The van der Waals surface area contributed by atoms with Crippen molar-refractivity contribution in [3.05, 3.63) is 89.2 Å². The van der Waals surface area contributed by atoms with Gasteiger partial charge in [0.1, 0.15) is 28.8 Å². The van der Waals surface area contributed by atoms with Crippen LogP contribution in [0.3, 0.4) is 0 Å². The van der Waals surface area contributed by atoms with Gasteiger partial charge in [-0.3, -0.25) is 9.52 Å². The van der Waals surface area contributed by atoms with Gasteiger partial charge in [-0.1, -0.05) is 0 Å². The molecule has 0 spiro atoms. The lowest BCUT2D eigenvalue weighted by molar-refractivity contribution is 0.104. The molecule has 2 N–H and O–H groups in total. The van der Waals surface area contributed by atoms with Crippen molar-refractivity contribution in [3.63, 3.8) is 0 Å². The monoisotopic (exact) mass is 542 g/mol. The number of anilines is 2. The molecule has 0 aromatic heterocycles. The van der Waals surface area contributed by atoms with Crippen molar-refractivity contribution in [2.24, 2.45) is 0 Å². The van der Waals surface area contributed by atoms with Gasteiger partial charge in [-0.2, -0.15) is 0 Å². The predicted molar refractivity (Wildman–Crippen MR) is 144 cm³/mol. The van der Waals surface area contributed by atoms with Gasteiger partial charge in [0.15, 0.2) is 5.78 Å². The van der Waals surface area contributed by atoms with E-state index in [0.717, 1.165) is 5.41 Å². The standard InChI is InChI=1S/C27H27FN2O7S/c1-34-21-16-26(36-3)22(27(17-21)37-4)12-14-38(32,33)30-20-9-10-25(35-2)23(15-20)29-13-11-24(31)18-5-7-19(28)8-6-18/h5-17,29-30H,1-4H3/b13-11-,14-12+. The minimum Gasteiger partial charge on any atom is -0.496 e. The highest BCUT2D eigenvalue weighted by molar-refractivity contribution is 7.95. The Bertz CT molecular complexity index is 1430. The van der Waals surface area contributed by atoms with Crippen LogP contribution in [0.1, 0.15) is 15.9 Å². The number of rotatable bonds is 12. The molecule has 38 heavy (non-hydrogen) atoms. The van der Waals surface area contributed by atoms with Gasteiger partial charge in [0.05, 0.1) is 50.8 Å². The highest BCUT2D eigenvalue weighted by Gasteiger charge is 2.14. The topological polar surface area (TPSA) is 112 Å². The third kappa shape index (κ3) is 7.26. The van der Waals surface area contributed by atoms with Gasteiger partial charge >= 0.3 is 0 Å². The van der Waals surface area contributed by atoms with E-state index in [1.165, 1.54) is 83.2 Å². The zero-order valence-corrected chi connectivity index (χ0v) is 22.0. The number of hydrogen-bond acceptors (Lipinski definition) is 8. The number of benzene rings is 3. The molecular weight excluding hydrogens is 515 g/mol. The minimum atomic E-state index is -3.95. The maximum atomic E-state index is 13.1. The van der Waals surface area contributed by atoms with Crippen LogP contribution < -0.4 is 29.0 Å². The van der Waals surface area contributed by atoms with Crippen LogP contribution in [0.4, 0.5) is 15.8 Å². The maximum absolute atomic E-state index is 13.1. The van der Waals surface area contributed by atoms with Gasteiger partial charge < -0.3 is 24.3 Å². The Balaban J connectivity index is 1.78. The lowest BCUT2D eigenvalue weighted by Gasteiger charge is -2.13. The number of sulfonamides is 1. The first-order chi connectivity index (χ1) is 18.2. The van der Waals surface area contributed by atoms with Crippen molar-refractivity contribution < 1.29 is 36.6 Å². The summed E-state index contributed by atoms with van der Waals surface area (Å²) in [5, 5.41) is 3.89. The van der Waals surface area contributed by atoms with Gasteiger partial charge in [0.25, 0.3) is 10.0 Å². The molecule has 200 valence electrons. The third-order valence-corrected chi connectivity index (χ3v) is 6.24. The number of allylic oxidation sites excluding steroid dienone is 1. The maximum Gasteiger partial charge on any atom is 0.255 e. The molecule has 3 rings (SSSR count). The number of halogens is 1. The van der Waals surface area contributed by atoms with E-state index in [9.17, 15) is 17.6 Å². The summed E-state index contributed by atoms with van der Waals surface area (Å²) in [7, 11) is 1.90. The fourth-order valence-electron chi connectivity index (χ4n) is 3.35. The molecule has 0 heterocycles. The van der Waals surface area contributed by atoms with E-state index in [2.05, 4.69) is 10.0 Å². The van der Waals surface area contributed by atoms with E-state index in [4.69, 9.17) is 18.9 Å². The zero-order valence-electron chi connectivity index (χ0n) is 21.1. The lowest BCUT2D eigenvalue weighted by Crippen LogP contribution is -2.09. The first-order valence-electron chi connectivity index (χ1n) is 11.1. The average Bonchev–Trinajstić information content (AvgIpc) is 2.91. The van der Waals surface area contributed by atoms with Crippen molar-refractivity contribution in [3.8, 4) is 23.0 Å². The number of ether oxygens (including phenoxy) is 4. The molecule has 0 aliphatic rings. The van der Waals surface area contributed by atoms with Crippen molar-refractivity contribution >= 4 is 33.3 Å². The predicted octanol–water partition coefficient (Wildman–Crippen LogP) is 5.08. The molecule has 0 atom stereocenters. The van der Waals surface area contributed by atoms with Crippen LogP contribution in [0, 0.1) is 5.82 Å². The molecule has 0 saturated heterocycles. The van der Waals surface area contributed by atoms with Crippen LogP contribution in [0.25, 0.3) is 6.08 Å². The van der Waals surface area contributed by atoms with E-state index in [1.54, 1.807) is 18.2 Å². The molecular formula is C27H27FN2O7S. The fourth-order valence-corrected chi connectivity index (χ4v) is 4.19. The zero-order chi connectivity index (χ0) is 27.7. The highest BCUT2D eigenvalue weighted by atomic mass is 32.2. The summed E-state index contributed by atoms with van der Waals surface area (Å²) in [6, 6.07) is 13.0. The van der Waals surface area contributed by atoms with Crippen LogP contribution in [0.5, 0.6) is 23.0 Å². The molecule has 0 aliphatic carbocycles. The molecule has 0 aliphatic heterocycles. The number of hydrogen-bond donors (Lipinski definition) is 2. The van der Waals surface area contributed by atoms with E-state index in [1.807, 2.05) is 0 Å². The average molecular weight is 543 g/mol. The van der Waals surface area contributed by atoms with Gasteiger partial charge in [-0.05, 0) is 48.5 Å². The number of carbonyl (C=O) groups is 1. The largest absolute Gasteiger partial charge is 0.496 e. The van der Waals surface area contributed by atoms with Gasteiger partial charge in [-0.25, -0.2) is 12.8 Å². The lowest BCUT2D eigenvalue weighted by atomic mass is 10.1. The number of ketones is 1. The fraction of sp³-hybridized carbons (Fsp3) is 0.148. The van der Waals surface area contributed by atoms with E-state index < -0.39 is 15.8 Å². The second-order valence-electron chi connectivity index (χ2n) is 7.66. The summed E-state index contributed by atoms with van der Waals surface area (Å²) in [5.41, 5.74) is 1.37. The van der Waals surface area contributed by atoms with Crippen LogP contribution in [0.2, 0.25) is 0 Å². The Morgan fingerprint density at radius 1 is 0.842 bits per heavy atom. The smallest absolute Gasteiger partial charge is 0.255 e. The van der Waals surface area contributed by atoms with Crippen LogP contribution >= 0.6 is 0 Å². The Labute approximate surface area is 220 Å².